The van der Waals surface area contributed by atoms with E-state index in [4.69, 9.17) is 4.42 Å². The Labute approximate surface area is 85.7 Å². The molecule has 78 valence electrons. The minimum Gasteiger partial charge on any atom is -0.466 e. The third-order valence-corrected chi connectivity index (χ3v) is 3.06. The Bertz CT molecular complexity index is 274. The Morgan fingerprint density at radius 1 is 1.36 bits per heavy atom. The molecule has 0 unspecified atom stereocenters. The lowest BCUT2D eigenvalue weighted by Crippen LogP contribution is -2.09. The van der Waals surface area contributed by atoms with E-state index >= 15 is 0 Å². The highest BCUT2D eigenvalue weighted by Crippen LogP contribution is 2.34. The maximum absolute atomic E-state index is 5.83. The summed E-state index contributed by atoms with van der Waals surface area (Å²) in [5, 5.41) is 3.13. The van der Waals surface area contributed by atoms with Crippen LogP contribution >= 0.6 is 0 Å². The average molecular weight is 193 g/mol. The molecule has 0 aliphatic heterocycles. The van der Waals surface area contributed by atoms with E-state index in [1.54, 1.807) is 0 Å². The normalized spacial score (nSPS) is 17.8. The molecule has 1 aromatic rings. The summed E-state index contributed by atoms with van der Waals surface area (Å²) in [5.41, 5.74) is 0. The smallest absolute Gasteiger partial charge is 0.107 e. The zero-order valence-electron chi connectivity index (χ0n) is 8.88. The van der Waals surface area contributed by atoms with Gasteiger partial charge in [0.2, 0.25) is 0 Å². The molecule has 1 aromatic heterocycles. The summed E-state index contributed by atoms with van der Waals surface area (Å²) < 4.78 is 5.83. The summed E-state index contributed by atoms with van der Waals surface area (Å²) in [5.74, 6) is 3.05. The van der Waals surface area contributed by atoms with Crippen molar-refractivity contribution in [3.63, 3.8) is 0 Å². The number of hydrogen-bond donors (Lipinski definition) is 1. The Kier molecular flexibility index (Phi) is 3.25. The third kappa shape index (κ3) is 2.18. The second-order valence-corrected chi connectivity index (χ2v) is 4.14. The highest BCUT2D eigenvalue weighted by Gasteiger charge is 2.19. The summed E-state index contributed by atoms with van der Waals surface area (Å²) >= 11 is 0. The van der Waals surface area contributed by atoms with Gasteiger partial charge in [-0.3, -0.25) is 0 Å². The Morgan fingerprint density at radius 3 is 2.86 bits per heavy atom. The quantitative estimate of drug-likeness (QED) is 0.795. The van der Waals surface area contributed by atoms with Gasteiger partial charge in [0, 0.05) is 18.9 Å². The van der Waals surface area contributed by atoms with Crippen LogP contribution in [0.25, 0.3) is 0 Å². The lowest BCUT2D eigenvalue weighted by atomic mass is 10.1. The highest BCUT2D eigenvalue weighted by molar-refractivity contribution is 5.12. The molecule has 2 nitrogen and oxygen atoms in total. The lowest BCUT2D eigenvalue weighted by Gasteiger charge is -2.03. The number of likely N-dealkylation sites (N-methyl/N-ethyl adjacent to an activating group) is 1. The van der Waals surface area contributed by atoms with Gasteiger partial charge >= 0.3 is 0 Å². The monoisotopic (exact) mass is 193 g/mol. The van der Waals surface area contributed by atoms with E-state index in [0.717, 1.165) is 18.7 Å². The Balaban J connectivity index is 1.94. The van der Waals surface area contributed by atoms with Gasteiger partial charge in [0.15, 0.2) is 0 Å². The van der Waals surface area contributed by atoms with Crippen molar-refractivity contribution in [1.29, 1.82) is 0 Å². The molecule has 2 rings (SSSR count). The number of nitrogens with one attached hydrogen (secondary N) is 1. The molecule has 1 N–H and O–H groups in total. The Morgan fingerprint density at radius 2 is 2.14 bits per heavy atom. The molecular weight excluding hydrogens is 174 g/mol. The topological polar surface area (TPSA) is 25.2 Å². The summed E-state index contributed by atoms with van der Waals surface area (Å²) in [6.07, 6.45) is 6.38. The van der Waals surface area contributed by atoms with Crippen LogP contribution in [0.3, 0.4) is 0 Å². The van der Waals surface area contributed by atoms with Crippen LogP contribution in [0.2, 0.25) is 0 Å². The first-order chi connectivity index (χ1) is 6.90. The number of hydrogen-bond acceptors (Lipinski definition) is 2. The molecule has 14 heavy (non-hydrogen) atoms. The molecule has 1 saturated carbocycles. The molecule has 1 heterocycles. The van der Waals surface area contributed by atoms with Crippen LogP contribution in [0.4, 0.5) is 0 Å². The molecule has 0 bridgehead atoms. The fourth-order valence-corrected chi connectivity index (χ4v) is 2.21. The van der Waals surface area contributed by atoms with Gasteiger partial charge in [-0.2, -0.15) is 0 Å². The molecule has 1 fully saturated rings. The minimum absolute atomic E-state index is 0.707. The predicted octanol–water partition coefficient (Wildman–Crippen LogP) is 2.70. The van der Waals surface area contributed by atoms with Crippen molar-refractivity contribution in [3.8, 4) is 0 Å². The van der Waals surface area contributed by atoms with Crippen LogP contribution in [-0.4, -0.2) is 13.6 Å². The van der Waals surface area contributed by atoms with Crippen LogP contribution in [0.1, 0.15) is 43.1 Å². The maximum Gasteiger partial charge on any atom is 0.107 e. The van der Waals surface area contributed by atoms with Crippen molar-refractivity contribution in [1.82, 2.24) is 5.32 Å². The van der Waals surface area contributed by atoms with Crippen LogP contribution < -0.4 is 5.32 Å². The summed E-state index contributed by atoms with van der Waals surface area (Å²) in [7, 11) is 1.97. The van der Waals surface area contributed by atoms with Crippen molar-refractivity contribution in [2.75, 3.05) is 13.6 Å². The molecule has 2 heteroatoms. The van der Waals surface area contributed by atoms with Crippen molar-refractivity contribution in [2.24, 2.45) is 0 Å². The predicted molar refractivity (Wildman–Crippen MR) is 57.5 cm³/mol. The van der Waals surface area contributed by atoms with E-state index < -0.39 is 0 Å². The van der Waals surface area contributed by atoms with Gasteiger partial charge in [0.1, 0.15) is 11.5 Å². The molecular formula is C12H19NO. The molecule has 0 radical (unpaired) electrons. The van der Waals surface area contributed by atoms with Crippen molar-refractivity contribution >= 4 is 0 Å². The molecule has 0 spiro atoms. The SMILES string of the molecule is CNCCc1ccc(C2CCCC2)o1. The molecule has 0 atom stereocenters. The summed E-state index contributed by atoms with van der Waals surface area (Å²) in [6, 6.07) is 4.30. The van der Waals surface area contributed by atoms with Crippen LogP contribution in [-0.2, 0) is 6.42 Å². The van der Waals surface area contributed by atoms with Gasteiger partial charge in [0.05, 0.1) is 0 Å². The van der Waals surface area contributed by atoms with Crippen LogP contribution in [0, 0.1) is 0 Å². The second kappa shape index (κ2) is 4.65. The second-order valence-electron chi connectivity index (χ2n) is 4.14. The third-order valence-electron chi connectivity index (χ3n) is 3.06. The molecule has 0 amide bonds. The van der Waals surface area contributed by atoms with Gasteiger partial charge in [-0.05, 0) is 32.0 Å². The van der Waals surface area contributed by atoms with E-state index in [0.29, 0.717) is 5.92 Å². The fraction of sp³-hybridized carbons (Fsp3) is 0.667. The van der Waals surface area contributed by atoms with Crippen LogP contribution in [0.5, 0.6) is 0 Å². The first-order valence-corrected chi connectivity index (χ1v) is 5.63. The molecule has 0 aromatic carbocycles. The van der Waals surface area contributed by atoms with Gasteiger partial charge in [-0.15, -0.1) is 0 Å². The highest BCUT2D eigenvalue weighted by atomic mass is 16.3. The van der Waals surface area contributed by atoms with Crippen molar-refractivity contribution < 1.29 is 4.42 Å². The number of rotatable bonds is 4. The zero-order valence-corrected chi connectivity index (χ0v) is 8.88. The van der Waals surface area contributed by atoms with E-state index in [1.807, 2.05) is 7.05 Å². The average Bonchev–Trinajstić information content (AvgIpc) is 2.85. The van der Waals surface area contributed by atoms with E-state index in [2.05, 4.69) is 17.4 Å². The first-order valence-electron chi connectivity index (χ1n) is 5.63. The van der Waals surface area contributed by atoms with E-state index in [9.17, 15) is 0 Å². The van der Waals surface area contributed by atoms with Gasteiger partial charge in [-0.1, -0.05) is 12.8 Å². The van der Waals surface area contributed by atoms with E-state index in [-0.39, 0.29) is 0 Å². The van der Waals surface area contributed by atoms with Gasteiger partial charge < -0.3 is 9.73 Å². The maximum atomic E-state index is 5.83. The fourth-order valence-electron chi connectivity index (χ4n) is 2.21. The molecule has 0 saturated heterocycles. The summed E-state index contributed by atoms with van der Waals surface area (Å²) in [6.45, 7) is 0.998. The standard InChI is InChI=1S/C12H19NO/c1-13-9-8-11-6-7-12(14-11)10-4-2-3-5-10/h6-7,10,13H,2-5,8-9H2,1H3. The lowest BCUT2D eigenvalue weighted by molar-refractivity contribution is 0.429. The van der Waals surface area contributed by atoms with Crippen molar-refractivity contribution in [2.45, 2.75) is 38.0 Å². The zero-order chi connectivity index (χ0) is 9.80. The first kappa shape index (κ1) is 9.78. The van der Waals surface area contributed by atoms with Gasteiger partial charge in [-0.25, -0.2) is 0 Å². The van der Waals surface area contributed by atoms with Crippen LogP contribution in [0.15, 0.2) is 16.5 Å². The van der Waals surface area contributed by atoms with E-state index in [1.165, 1.54) is 31.4 Å². The number of furan rings is 1. The van der Waals surface area contributed by atoms with Crippen molar-refractivity contribution in [3.05, 3.63) is 23.7 Å². The molecule has 1 aliphatic carbocycles. The Hall–Kier alpha value is -0.760. The van der Waals surface area contributed by atoms with Gasteiger partial charge in [0.25, 0.3) is 0 Å². The largest absolute Gasteiger partial charge is 0.466 e. The molecule has 1 aliphatic rings. The summed E-state index contributed by atoms with van der Waals surface area (Å²) in [4.78, 5) is 0. The minimum atomic E-state index is 0.707.